The minimum absolute atomic E-state index is 0.0515. The van der Waals surface area contributed by atoms with Gasteiger partial charge in [-0.25, -0.2) is 13.6 Å². The van der Waals surface area contributed by atoms with E-state index in [1.54, 1.807) is 17.0 Å². The summed E-state index contributed by atoms with van der Waals surface area (Å²) in [5.74, 6) is -0.577. The Hall–Kier alpha value is -2.71. The Kier molecular flexibility index (Phi) is 5.81. The van der Waals surface area contributed by atoms with Gasteiger partial charge in [0.2, 0.25) is 21.8 Å². The molecule has 148 valence electrons. The number of rotatable bonds is 6. The molecule has 2 amide bonds. The Bertz CT molecular complexity index is 987. The SMILES string of the molecule is Cc1cccc(N2CC(C(=O)NCCc3ccc(S(N)(=O)=O)cc3)CC2=O)c1. The molecule has 1 fully saturated rings. The van der Waals surface area contributed by atoms with E-state index in [4.69, 9.17) is 5.14 Å². The van der Waals surface area contributed by atoms with Crippen molar-refractivity contribution in [3.05, 3.63) is 59.7 Å². The molecule has 2 aromatic carbocycles. The lowest BCUT2D eigenvalue weighted by Crippen LogP contribution is -2.34. The zero-order chi connectivity index (χ0) is 20.3. The number of nitrogens with two attached hydrogens (primary N) is 1. The van der Waals surface area contributed by atoms with Crippen LogP contribution < -0.4 is 15.4 Å². The van der Waals surface area contributed by atoms with Crippen molar-refractivity contribution in [2.45, 2.75) is 24.7 Å². The normalized spacial score (nSPS) is 17.0. The van der Waals surface area contributed by atoms with Crippen LogP contribution in [0, 0.1) is 12.8 Å². The topological polar surface area (TPSA) is 110 Å². The summed E-state index contributed by atoms with van der Waals surface area (Å²) in [6.45, 7) is 2.74. The first-order valence-corrected chi connectivity index (χ1v) is 10.5. The Balaban J connectivity index is 1.52. The molecule has 0 aliphatic carbocycles. The molecule has 0 spiro atoms. The third-order valence-electron chi connectivity index (χ3n) is 4.77. The molecule has 3 rings (SSSR count). The zero-order valence-corrected chi connectivity index (χ0v) is 16.4. The first-order valence-electron chi connectivity index (χ1n) is 9.00. The summed E-state index contributed by atoms with van der Waals surface area (Å²) in [5.41, 5.74) is 2.76. The van der Waals surface area contributed by atoms with Crippen molar-refractivity contribution in [1.82, 2.24) is 5.32 Å². The van der Waals surface area contributed by atoms with Crippen molar-refractivity contribution < 1.29 is 18.0 Å². The Morgan fingerprint density at radius 3 is 2.57 bits per heavy atom. The van der Waals surface area contributed by atoms with Crippen molar-refractivity contribution in [3.8, 4) is 0 Å². The van der Waals surface area contributed by atoms with E-state index in [2.05, 4.69) is 5.32 Å². The molecule has 0 bridgehead atoms. The smallest absolute Gasteiger partial charge is 0.238 e. The van der Waals surface area contributed by atoms with Gasteiger partial charge in [0.1, 0.15) is 0 Å². The van der Waals surface area contributed by atoms with Crippen LogP contribution in [0.3, 0.4) is 0 Å². The molecule has 1 aliphatic rings. The van der Waals surface area contributed by atoms with Gasteiger partial charge in [-0.2, -0.15) is 0 Å². The maximum Gasteiger partial charge on any atom is 0.238 e. The summed E-state index contributed by atoms with van der Waals surface area (Å²) in [6.07, 6.45) is 0.752. The van der Waals surface area contributed by atoms with E-state index in [1.165, 1.54) is 12.1 Å². The Morgan fingerprint density at radius 1 is 1.21 bits per heavy atom. The molecule has 1 unspecified atom stereocenters. The minimum atomic E-state index is -3.71. The molecule has 1 aliphatic heterocycles. The van der Waals surface area contributed by atoms with Gasteiger partial charge in [0.25, 0.3) is 0 Å². The second-order valence-corrected chi connectivity index (χ2v) is 8.54. The van der Waals surface area contributed by atoms with E-state index in [9.17, 15) is 18.0 Å². The number of carbonyl (C=O) groups excluding carboxylic acids is 2. The molecule has 8 heteroatoms. The summed E-state index contributed by atoms with van der Waals surface area (Å²) < 4.78 is 22.5. The lowest BCUT2D eigenvalue weighted by Gasteiger charge is -2.17. The highest BCUT2D eigenvalue weighted by molar-refractivity contribution is 7.89. The van der Waals surface area contributed by atoms with Crippen LogP contribution in [0.4, 0.5) is 5.69 Å². The molecule has 0 aromatic heterocycles. The van der Waals surface area contributed by atoms with Gasteiger partial charge in [-0.05, 0) is 48.7 Å². The van der Waals surface area contributed by atoms with Crippen LogP contribution >= 0.6 is 0 Å². The summed E-state index contributed by atoms with van der Waals surface area (Å²) in [6, 6.07) is 13.9. The van der Waals surface area contributed by atoms with Crippen LogP contribution in [-0.4, -0.2) is 33.3 Å². The fourth-order valence-corrected chi connectivity index (χ4v) is 3.76. The van der Waals surface area contributed by atoms with E-state index in [1.807, 2.05) is 31.2 Å². The van der Waals surface area contributed by atoms with Gasteiger partial charge in [-0.3, -0.25) is 9.59 Å². The molecule has 3 N–H and O–H groups in total. The summed E-state index contributed by atoms with van der Waals surface area (Å²) in [5, 5.41) is 7.93. The van der Waals surface area contributed by atoms with Gasteiger partial charge in [-0.1, -0.05) is 24.3 Å². The molecule has 1 atom stereocenters. The van der Waals surface area contributed by atoms with Gasteiger partial charge in [0.15, 0.2) is 0 Å². The van der Waals surface area contributed by atoms with Crippen molar-refractivity contribution >= 4 is 27.5 Å². The molecule has 7 nitrogen and oxygen atoms in total. The Labute approximate surface area is 164 Å². The van der Waals surface area contributed by atoms with Crippen LogP contribution in [0.5, 0.6) is 0 Å². The first kappa shape index (κ1) is 20.0. The highest BCUT2D eigenvalue weighted by atomic mass is 32.2. The number of aryl methyl sites for hydroxylation is 1. The number of benzene rings is 2. The predicted octanol–water partition coefficient (Wildman–Crippen LogP) is 1.35. The van der Waals surface area contributed by atoms with E-state index < -0.39 is 10.0 Å². The monoisotopic (exact) mass is 401 g/mol. The molecule has 1 saturated heterocycles. The lowest BCUT2D eigenvalue weighted by atomic mass is 10.1. The number of carbonyl (C=O) groups is 2. The van der Waals surface area contributed by atoms with Gasteiger partial charge in [0.05, 0.1) is 10.8 Å². The quantitative estimate of drug-likeness (QED) is 0.761. The number of nitrogens with zero attached hydrogens (tertiary/aromatic N) is 1. The van der Waals surface area contributed by atoms with Crippen molar-refractivity contribution in [2.24, 2.45) is 11.1 Å². The average Bonchev–Trinajstić information content (AvgIpc) is 3.03. The molecule has 1 heterocycles. The summed E-state index contributed by atoms with van der Waals surface area (Å²) >= 11 is 0. The molecular weight excluding hydrogens is 378 g/mol. The molecule has 0 saturated carbocycles. The van der Waals surface area contributed by atoms with Crippen molar-refractivity contribution in [3.63, 3.8) is 0 Å². The third-order valence-corrected chi connectivity index (χ3v) is 5.70. The van der Waals surface area contributed by atoms with E-state index in [-0.39, 0.29) is 29.0 Å². The van der Waals surface area contributed by atoms with Crippen molar-refractivity contribution in [2.75, 3.05) is 18.0 Å². The number of hydrogen-bond acceptors (Lipinski definition) is 4. The number of primary sulfonamides is 1. The number of anilines is 1. The maximum atomic E-state index is 12.4. The molecule has 2 aromatic rings. The summed E-state index contributed by atoms with van der Waals surface area (Å²) in [4.78, 5) is 26.4. The molecule has 28 heavy (non-hydrogen) atoms. The Morgan fingerprint density at radius 2 is 1.93 bits per heavy atom. The third kappa shape index (κ3) is 4.76. The second-order valence-electron chi connectivity index (χ2n) is 6.97. The highest BCUT2D eigenvalue weighted by Gasteiger charge is 2.34. The first-order chi connectivity index (χ1) is 13.2. The van der Waals surface area contributed by atoms with Crippen LogP contribution in [0.15, 0.2) is 53.4 Å². The lowest BCUT2D eigenvalue weighted by molar-refractivity contribution is -0.126. The number of hydrogen-bond donors (Lipinski definition) is 2. The van der Waals surface area contributed by atoms with Gasteiger partial charge < -0.3 is 10.2 Å². The standard InChI is InChI=1S/C20H23N3O4S/c1-14-3-2-4-17(11-14)23-13-16(12-19(23)24)20(25)22-10-9-15-5-7-18(8-6-15)28(21,26)27/h2-8,11,16H,9-10,12-13H2,1H3,(H,22,25)(H2,21,26,27). The molecular formula is C20H23N3O4S. The number of nitrogens with one attached hydrogen (secondary N) is 1. The van der Waals surface area contributed by atoms with Crippen LogP contribution in [0.25, 0.3) is 0 Å². The van der Waals surface area contributed by atoms with E-state index >= 15 is 0 Å². The molecule has 0 radical (unpaired) electrons. The maximum absolute atomic E-state index is 12.4. The van der Waals surface area contributed by atoms with Crippen LogP contribution in [0.2, 0.25) is 0 Å². The van der Waals surface area contributed by atoms with Gasteiger partial charge >= 0.3 is 0 Å². The van der Waals surface area contributed by atoms with Gasteiger partial charge in [-0.15, -0.1) is 0 Å². The predicted molar refractivity (Wildman–Crippen MR) is 106 cm³/mol. The number of amides is 2. The largest absolute Gasteiger partial charge is 0.355 e. The fourth-order valence-electron chi connectivity index (χ4n) is 3.25. The zero-order valence-electron chi connectivity index (χ0n) is 15.6. The van der Waals surface area contributed by atoms with Gasteiger partial charge in [0, 0.05) is 25.2 Å². The minimum Gasteiger partial charge on any atom is -0.355 e. The van der Waals surface area contributed by atoms with Crippen LogP contribution in [0.1, 0.15) is 17.5 Å². The van der Waals surface area contributed by atoms with Crippen LogP contribution in [-0.2, 0) is 26.0 Å². The van der Waals surface area contributed by atoms with E-state index in [0.717, 1.165) is 16.8 Å². The second kappa shape index (κ2) is 8.12. The average molecular weight is 401 g/mol. The van der Waals surface area contributed by atoms with Crippen molar-refractivity contribution in [1.29, 1.82) is 0 Å². The summed E-state index contributed by atoms with van der Waals surface area (Å²) in [7, 11) is -3.71. The van der Waals surface area contributed by atoms with E-state index in [0.29, 0.717) is 19.5 Å². The number of sulfonamides is 1. The fraction of sp³-hybridized carbons (Fsp3) is 0.300. The highest BCUT2D eigenvalue weighted by Crippen LogP contribution is 2.25.